The normalized spacial score (nSPS) is 9.88. The average Bonchev–Trinajstić information content (AvgIpc) is 2.28. The molecule has 0 atom stereocenters. The summed E-state index contributed by atoms with van der Waals surface area (Å²) in [5, 5.41) is 19.1. The van der Waals surface area contributed by atoms with E-state index in [1.54, 1.807) is 12.1 Å². The number of aromatic hydroxyl groups is 1. The van der Waals surface area contributed by atoms with Crippen LogP contribution in [0.3, 0.4) is 0 Å². The quantitative estimate of drug-likeness (QED) is 0.751. The third-order valence-corrected chi connectivity index (χ3v) is 2.17. The maximum Gasteiger partial charge on any atom is 0.309 e. The first-order valence-electron chi connectivity index (χ1n) is 4.83. The molecule has 0 radical (unpaired) electrons. The predicted octanol–water partition coefficient (Wildman–Crippen LogP) is 1.74. The number of pyridine rings is 1. The van der Waals surface area contributed by atoms with Gasteiger partial charge in [-0.15, -0.1) is 0 Å². The van der Waals surface area contributed by atoms with Crippen molar-refractivity contribution in [2.24, 2.45) is 0 Å². The Balaban J connectivity index is 2.66. The van der Waals surface area contributed by atoms with Gasteiger partial charge in [0.05, 0.1) is 5.52 Å². The highest BCUT2D eigenvalue weighted by molar-refractivity contribution is 5.87. The van der Waals surface area contributed by atoms with Crippen molar-refractivity contribution in [2.75, 3.05) is 0 Å². The highest BCUT2D eigenvalue weighted by atomic mass is 16.5. The summed E-state index contributed by atoms with van der Waals surface area (Å²) in [4.78, 5) is 14.8. The average molecular weight is 228 g/mol. The van der Waals surface area contributed by atoms with Crippen LogP contribution in [0.25, 0.3) is 10.9 Å². The zero-order valence-corrected chi connectivity index (χ0v) is 8.97. The molecule has 5 nitrogen and oxygen atoms in total. The second kappa shape index (κ2) is 4.10. The number of esters is 1. The molecule has 0 spiro atoms. The Bertz CT molecular complexity index is 644. The summed E-state index contributed by atoms with van der Waals surface area (Å²) < 4.78 is 4.82. The lowest BCUT2D eigenvalue weighted by molar-refractivity contribution is -0.132. The number of fused-ring (bicyclic) bond motifs is 1. The van der Waals surface area contributed by atoms with Gasteiger partial charge in [-0.05, 0) is 18.2 Å². The Labute approximate surface area is 96.9 Å². The first-order chi connectivity index (χ1) is 8.11. The number of ether oxygens (including phenoxy) is 1. The highest BCUT2D eigenvalue weighted by Gasteiger charge is 2.09. The molecular weight excluding hydrogens is 220 g/mol. The minimum Gasteiger partial charge on any atom is -0.506 e. The molecule has 0 amide bonds. The number of nitriles is 1. The molecule has 1 aromatic heterocycles. The number of carbonyl (C=O) groups excluding carboxylic acids is 1. The lowest BCUT2D eigenvalue weighted by atomic mass is 10.1. The number of rotatable bonds is 1. The van der Waals surface area contributed by atoms with Gasteiger partial charge in [0.25, 0.3) is 0 Å². The Morgan fingerprint density at radius 2 is 2.12 bits per heavy atom. The van der Waals surface area contributed by atoms with Crippen molar-refractivity contribution >= 4 is 16.9 Å². The van der Waals surface area contributed by atoms with E-state index in [1.807, 2.05) is 6.07 Å². The van der Waals surface area contributed by atoms with Crippen LogP contribution in [0.15, 0.2) is 24.3 Å². The van der Waals surface area contributed by atoms with Crippen molar-refractivity contribution in [3.63, 3.8) is 0 Å². The van der Waals surface area contributed by atoms with Crippen molar-refractivity contribution in [3.05, 3.63) is 29.8 Å². The van der Waals surface area contributed by atoms with E-state index >= 15 is 0 Å². The van der Waals surface area contributed by atoms with Crippen molar-refractivity contribution < 1.29 is 14.6 Å². The van der Waals surface area contributed by atoms with Crippen LogP contribution in [0.5, 0.6) is 11.6 Å². The minimum absolute atomic E-state index is 0.0662. The fraction of sp³-hybridized carbons (Fsp3) is 0.0833. The van der Waals surface area contributed by atoms with Crippen LogP contribution in [-0.4, -0.2) is 16.1 Å². The SMILES string of the molecule is CC(=O)Oc1ccc2ccc(O)c(C#N)c2n1. The standard InChI is InChI=1S/C12H8N2O3/c1-7(15)17-11-5-3-8-2-4-10(16)9(6-13)12(8)14-11/h2-5,16H,1H3. The zero-order chi connectivity index (χ0) is 12.4. The van der Waals surface area contributed by atoms with Crippen molar-refractivity contribution in [1.82, 2.24) is 4.98 Å². The van der Waals surface area contributed by atoms with E-state index in [2.05, 4.69) is 4.98 Å². The van der Waals surface area contributed by atoms with Gasteiger partial charge < -0.3 is 9.84 Å². The van der Waals surface area contributed by atoms with E-state index in [9.17, 15) is 9.90 Å². The smallest absolute Gasteiger partial charge is 0.309 e. The Kier molecular flexibility index (Phi) is 2.63. The molecule has 1 aromatic carbocycles. The number of aromatic nitrogens is 1. The lowest BCUT2D eigenvalue weighted by Gasteiger charge is -2.04. The molecule has 0 saturated carbocycles. The minimum atomic E-state index is -0.490. The number of nitrogens with zero attached hydrogens (tertiary/aromatic N) is 2. The van der Waals surface area contributed by atoms with Crippen LogP contribution in [0.4, 0.5) is 0 Å². The molecule has 0 bridgehead atoms. The summed E-state index contributed by atoms with van der Waals surface area (Å²) in [5.74, 6) is -0.532. The number of phenols is 1. The number of carbonyl (C=O) groups is 1. The highest BCUT2D eigenvalue weighted by Crippen LogP contribution is 2.26. The topological polar surface area (TPSA) is 83.2 Å². The fourth-order valence-corrected chi connectivity index (χ4v) is 1.47. The number of phenolic OH excluding ortho intramolecular Hbond substituents is 1. The molecule has 17 heavy (non-hydrogen) atoms. The number of hydrogen-bond acceptors (Lipinski definition) is 5. The summed E-state index contributed by atoms with van der Waals surface area (Å²) in [6, 6.07) is 8.12. The summed E-state index contributed by atoms with van der Waals surface area (Å²) in [6.45, 7) is 1.26. The fourth-order valence-electron chi connectivity index (χ4n) is 1.47. The molecule has 0 aliphatic heterocycles. The molecule has 5 heteroatoms. The summed E-state index contributed by atoms with van der Waals surface area (Å²) in [5.41, 5.74) is 0.378. The first-order valence-corrected chi connectivity index (χ1v) is 4.83. The molecule has 2 rings (SSSR count). The molecular formula is C12H8N2O3. The second-order valence-corrected chi connectivity index (χ2v) is 3.39. The van der Waals surface area contributed by atoms with E-state index in [0.717, 1.165) is 0 Å². The van der Waals surface area contributed by atoms with Gasteiger partial charge in [0.15, 0.2) is 0 Å². The van der Waals surface area contributed by atoms with Gasteiger partial charge in [0, 0.05) is 18.4 Å². The van der Waals surface area contributed by atoms with Gasteiger partial charge in [-0.3, -0.25) is 4.79 Å². The maximum absolute atomic E-state index is 10.8. The predicted molar refractivity (Wildman–Crippen MR) is 59.4 cm³/mol. The third kappa shape index (κ3) is 2.01. The molecule has 0 saturated heterocycles. The van der Waals surface area contributed by atoms with Crippen LogP contribution < -0.4 is 4.74 Å². The van der Waals surface area contributed by atoms with Crippen LogP contribution in [0.1, 0.15) is 12.5 Å². The summed E-state index contributed by atoms with van der Waals surface area (Å²) in [6.07, 6.45) is 0. The molecule has 0 unspecified atom stereocenters. The van der Waals surface area contributed by atoms with Crippen molar-refractivity contribution in [3.8, 4) is 17.7 Å². The molecule has 1 heterocycles. The Morgan fingerprint density at radius 3 is 2.76 bits per heavy atom. The van der Waals surface area contributed by atoms with Crippen LogP contribution in [0.2, 0.25) is 0 Å². The third-order valence-electron chi connectivity index (χ3n) is 2.17. The van der Waals surface area contributed by atoms with Crippen molar-refractivity contribution in [2.45, 2.75) is 6.92 Å². The molecule has 2 aromatic rings. The summed E-state index contributed by atoms with van der Waals surface area (Å²) >= 11 is 0. The van der Waals surface area contributed by atoms with Gasteiger partial charge in [0.1, 0.15) is 17.4 Å². The van der Waals surface area contributed by atoms with E-state index in [-0.39, 0.29) is 17.2 Å². The maximum atomic E-state index is 10.8. The van der Waals surface area contributed by atoms with Gasteiger partial charge in [0.2, 0.25) is 5.88 Å². The first kappa shape index (κ1) is 10.9. The van der Waals surface area contributed by atoms with E-state index < -0.39 is 5.97 Å². The van der Waals surface area contributed by atoms with Gasteiger partial charge >= 0.3 is 5.97 Å². The Morgan fingerprint density at radius 1 is 1.41 bits per heavy atom. The lowest BCUT2D eigenvalue weighted by Crippen LogP contribution is -2.03. The van der Waals surface area contributed by atoms with Gasteiger partial charge in [-0.25, -0.2) is 4.98 Å². The van der Waals surface area contributed by atoms with E-state index in [4.69, 9.17) is 10.00 Å². The molecule has 0 aliphatic rings. The molecule has 0 aliphatic carbocycles. The molecule has 84 valence electrons. The van der Waals surface area contributed by atoms with Gasteiger partial charge in [-0.2, -0.15) is 5.26 Å². The zero-order valence-electron chi connectivity index (χ0n) is 8.97. The summed E-state index contributed by atoms with van der Waals surface area (Å²) in [7, 11) is 0. The molecule has 0 fully saturated rings. The van der Waals surface area contributed by atoms with E-state index in [0.29, 0.717) is 10.9 Å². The largest absolute Gasteiger partial charge is 0.506 e. The van der Waals surface area contributed by atoms with Crippen molar-refractivity contribution in [1.29, 1.82) is 5.26 Å². The van der Waals surface area contributed by atoms with Crippen LogP contribution in [-0.2, 0) is 4.79 Å². The second-order valence-electron chi connectivity index (χ2n) is 3.39. The van der Waals surface area contributed by atoms with E-state index in [1.165, 1.54) is 19.1 Å². The Hall–Kier alpha value is -2.61. The van der Waals surface area contributed by atoms with Gasteiger partial charge in [-0.1, -0.05) is 0 Å². The van der Waals surface area contributed by atoms with Crippen LogP contribution in [0, 0.1) is 11.3 Å². The monoisotopic (exact) mass is 228 g/mol. The number of hydrogen-bond donors (Lipinski definition) is 1. The number of benzene rings is 1. The molecule has 1 N–H and O–H groups in total. The van der Waals surface area contributed by atoms with Crippen LogP contribution >= 0.6 is 0 Å².